The monoisotopic (exact) mass is 264 g/mol. The van der Waals surface area contributed by atoms with Crippen molar-refractivity contribution in [2.24, 2.45) is 0 Å². The lowest BCUT2D eigenvalue weighted by molar-refractivity contribution is 0.830. The third kappa shape index (κ3) is 2.64. The second kappa shape index (κ2) is 5.10. The van der Waals surface area contributed by atoms with Gasteiger partial charge in [-0.25, -0.2) is 4.98 Å². The van der Waals surface area contributed by atoms with E-state index in [1.807, 2.05) is 6.92 Å². The first-order valence-corrected chi connectivity index (χ1v) is 7.01. The molecule has 0 aliphatic heterocycles. The molecule has 0 spiro atoms. The van der Waals surface area contributed by atoms with Crippen molar-refractivity contribution in [1.82, 2.24) is 9.97 Å². The Morgan fingerprint density at radius 2 is 2.12 bits per heavy atom. The highest BCUT2D eigenvalue weighted by Gasteiger charge is 2.08. The van der Waals surface area contributed by atoms with Crippen molar-refractivity contribution in [3.63, 3.8) is 0 Å². The Bertz CT molecular complexity index is 581. The number of H-pyrrole nitrogens is 1. The summed E-state index contributed by atoms with van der Waals surface area (Å²) in [5.41, 5.74) is 2.20. The van der Waals surface area contributed by atoms with E-state index in [9.17, 15) is 0 Å². The van der Waals surface area contributed by atoms with Crippen molar-refractivity contribution in [2.75, 3.05) is 0 Å². The van der Waals surface area contributed by atoms with Crippen LogP contribution in [-0.4, -0.2) is 9.97 Å². The summed E-state index contributed by atoms with van der Waals surface area (Å²) in [6.07, 6.45) is 2.02. The van der Waals surface area contributed by atoms with Gasteiger partial charge >= 0.3 is 0 Å². The first-order valence-electron chi connectivity index (χ1n) is 5.78. The van der Waals surface area contributed by atoms with Crippen LogP contribution in [0.15, 0.2) is 12.1 Å². The molecule has 2 rings (SSSR count). The number of aryl methyl sites for hydroxylation is 2. The topological polar surface area (TPSA) is 28.7 Å². The molecule has 0 aromatic carbocycles. The molecule has 0 amide bonds. The molecule has 17 heavy (non-hydrogen) atoms. The van der Waals surface area contributed by atoms with Gasteiger partial charge in [0.25, 0.3) is 0 Å². The first-order chi connectivity index (χ1) is 8.11. The highest BCUT2D eigenvalue weighted by molar-refractivity contribution is 7.71. The summed E-state index contributed by atoms with van der Waals surface area (Å²) >= 11 is 7.11. The molecule has 0 bridgehead atoms. The average molecular weight is 264 g/mol. The van der Waals surface area contributed by atoms with E-state index in [0.29, 0.717) is 4.64 Å². The van der Waals surface area contributed by atoms with E-state index in [0.717, 1.165) is 29.9 Å². The molecule has 0 atom stereocenters. The standard InChI is InChI=1S/C13H16N2S2/c1-4-5-11-14-12(9(3)13(16)15-11)10-7-6-8(2)17-10/h6-7H,4-5H2,1-3H3,(H,14,15,16). The molecule has 0 saturated carbocycles. The molecule has 90 valence electrons. The second-order valence-corrected chi connectivity index (χ2v) is 5.82. The SMILES string of the molecule is CCCc1nc(=S)c(C)c(-c2ccc(C)s2)[nH]1. The summed E-state index contributed by atoms with van der Waals surface area (Å²) in [5.74, 6) is 0.990. The van der Waals surface area contributed by atoms with Crippen LogP contribution in [0, 0.1) is 18.5 Å². The van der Waals surface area contributed by atoms with Crippen LogP contribution in [0.5, 0.6) is 0 Å². The van der Waals surface area contributed by atoms with Gasteiger partial charge in [0.1, 0.15) is 10.5 Å². The molecule has 4 heteroatoms. The Morgan fingerprint density at radius 1 is 1.35 bits per heavy atom. The van der Waals surface area contributed by atoms with Gasteiger partial charge in [0.2, 0.25) is 0 Å². The maximum absolute atomic E-state index is 5.32. The largest absolute Gasteiger partial charge is 0.342 e. The first kappa shape index (κ1) is 12.5. The molecule has 0 aliphatic carbocycles. The minimum atomic E-state index is 0.716. The number of hydrogen-bond donors (Lipinski definition) is 1. The lowest BCUT2D eigenvalue weighted by Gasteiger charge is -2.07. The van der Waals surface area contributed by atoms with E-state index >= 15 is 0 Å². The Balaban J connectivity index is 2.56. The van der Waals surface area contributed by atoms with E-state index in [4.69, 9.17) is 12.2 Å². The summed E-state index contributed by atoms with van der Waals surface area (Å²) in [7, 11) is 0. The van der Waals surface area contributed by atoms with E-state index in [2.05, 4.69) is 35.9 Å². The van der Waals surface area contributed by atoms with Gasteiger partial charge in [0.15, 0.2) is 0 Å². The number of nitrogens with zero attached hydrogens (tertiary/aromatic N) is 1. The van der Waals surface area contributed by atoms with Crippen molar-refractivity contribution in [3.05, 3.63) is 33.0 Å². The molecule has 2 aromatic heterocycles. The molecule has 2 heterocycles. The van der Waals surface area contributed by atoms with E-state index in [1.54, 1.807) is 11.3 Å². The van der Waals surface area contributed by atoms with Crippen LogP contribution in [0.4, 0.5) is 0 Å². The lowest BCUT2D eigenvalue weighted by atomic mass is 10.2. The zero-order chi connectivity index (χ0) is 12.4. The quantitative estimate of drug-likeness (QED) is 0.830. The Hall–Kier alpha value is -1.00. The van der Waals surface area contributed by atoms with Gasteiger partial charge in [-0.05, 0) is 32.4 Å². The molecule has 2 aromatic rings. The van der Waals surface area contributed by atoms with Crippen molar-refractivity contribution in [3.8, 4) is 10.6 Å². The number of aromatic amines is 1. The third-order valence-corrected chi connectivity index (χ3v) is 4.09. The number of nitrogens with one attached hydrogen (secondary N) is 1. The highest BCUT2D eigenvalue weighted by Crippen LogP contribution is 2.28. The summed E-state index contributed by atoms with van der Waals surface area (Å²) in [6.45, 7) is 6.30. The molecule has 0 fully saturated rings. The molecule has 0 saturated heterocycles. The van der Waals surface area contributed by atoms with Gasteiger partial charge < -0.3 is 4.98 Å². The van der Waals surface area contributed by atoms with Gasteiger partial charge in [0, 0.05) is 16.9 Å². The predicted molar refractivity (Wildman–Crippen MR) is 76.2 cm³/mol. The number of hydrogen-bond acceptors (Lipinski definition) is 3. The van der Waals surface area contributed by atoms with Crippen LogP contribution in [0.2, 0.25) is 0 Å². The Morgan fingerprint density at radius 3 is 2.71 bits per heavy atom. The van der Waals surface area contributed by atoms with Gasteiger partial charge in [-0.15, -0.1) is 11.3 Å². The minimum Gasteiger partial charge on any atom is -0.342 e. The molecule has 0 unspecified atom stereocenters. The smallest absolute Gasteiger partial charge is 0.133 e. The zero-order valence-electron chi connectivity index (χ0n) is 10.3. The summed E-state index contributed by atoms with van der Waals surface area (Å²) in [4.78, 5) is 10.4. The molecular formula is C13H16N2S2. The normalized spacial score (nSPS) is 10.8. The predicted octanol–water partition coefficient (Wildman–Crippen LogP) is 4.44. The summed E-state index contributed by atoms with van der Waals surface area (Å²) in [5, 5.41) is 0. The molecule has 0 aliphatic rings. The summed E-state index contributed by atoms with van der Waals surface area (Å²) < 4.78 is 0.716. The zero-order valence-corrected chi connectivity index (χ0v) is 12.0. The fourth-order valence-electron chi connectivity index (χ4n) is 1.75. The van der Waals surface area contributed by atoms with Crippen molar-refractivity contribution in [1.29, 1.82) is 0 Å². The number of aromatic nitrogens is 2. The van der Waals surface area contributed by atoms with Crippen LogP contribution in [-0.2, 0) is 6.42 Å². The lowest BCUT2D eigenvalue weighted by Crippen LogP contribution is -1.99. The van der Waals surface area contributed by atoms with Crippen molar-refractivity contribution >= 4 is 23.6 Å². The van der Waals surface area contributed by atoms with Gasteiger partial charge in [0.05, 0.1) is 10.6 Å². The molecule has 0 radical (unpaired) electrons. The number of rotatable bonds is 3. The average Bonchev–Trinajstić information content (AvgIpc) is 2.70. The Kier molecular flexibility index (Phi) is 3.74. The van der Waals surface area contributed by atoms with Crippen LogP contribution in [0.1, 0.15) is 29.6 Å². The maximum Gasteiger partial charge on any atom is 0.133 e. The van der Waals surface area contributed by atoms with Crippen LogP contribution in [0.3, 0.4) is 0 Å². The van der Waals surface area contributed by atoms with E-state index in [-0.39, 0.29) is 0 Å². The fraction of sp³-hybridized carbons (Fsp3) is 0.385. The molecular weight excluding hydrogens is 248 g/mol. The minimum absolute atomic E-state index is 0.716. The van der Waals surface area contributed by atoms with Gasteiger partial charge in [-0.1, -0.05) is 19.1 Å². The van der Waals surface area contributed by atoms with Gasteiger partial charge in [-0.2, -0.15) is 0 Å². The second-order valence-electron chi connectivity index (χ2n) is 4.15. The van der Waals surface area contributed by atoms with Crippen molar-refractivity contribution in [2.45, 2.75) is 33.6 Å². The van der Waals surface area contributed by atoms with E-state index in [1.165, 1.54) is 9.75 Å². The van der Waals surface area contributed by atoms with Crippen molar-refractivity contribution < 1.29 is 0 Å². The van der Waals surface area contributed by atoms with Gasteiger partial charge in [-0.3, -0.25) is 0 Å². The maximum atomic E-state index is 5.32. The molecule has 2 nitrogen and oxygen atoms in total. The number of thiophene rings is 1. The Labute approximate surface area is 111 Å². The van der Waals surface area contributed by atoms with Crippen LogP contribution < -0.4 is 0 Å². The van der Waals surface area contributed by atoms with Crippen LogP contribution >= 0.6 is 23.6 Å². The molecule has 1 N–H and O–H groups in total. The highest BCUT2D eigenvalue weighted by atomic mass is 32.1. The van der Waals surface area contributed by atoms with E-state index < -0.39 is 0 Å². The summed E-state index contributed by atoms with van der Waals surface area (Å²) in [6, 6.07) is 4.28. The third-order valence-electron chi connectivity index (χ3n) is 2.68. The van der Waals surface area contributed by atoms with Crippen LogP contribution in [0.25, 0.3) is 10.6 Å². The fourth-order valence-corrected chi connectivity index (χ4v) is 2.89.